The van der Waals surface area contributed by atoms with Gasteiger partial charge in [0.1, 0.15) is 0 Å². The summed E-state index contributed by atoms with van der Waals surface area (Å²) in [5.74, 6) is 0. The van der Waals surface area contributed by atoms with E-state index >= 15 is 0 Å². The van der Waals surface area contributed by atoms with E-state index in [1.807, 2.05) is 19.1 Å². The van der Waals surface area contributed by atoms with E-state index in [2.05, 4.69) is 9.80 Å². The molecule has 1 aliphatic heterocycles. The molecule has 5 nitrogen and oxygen atoms in total. The number of hydrogen-bond donors (Lipinski definition) is 1. The van der Waals surface area contributed by atoms with Crippen LogP contribution in [0.3, 0.4) is 0 Å². The maximum absolute atomic E-state index is 11.9. The molecule has 1 aromatic carbocycles. The summed E-state index contributed by atoms with van der Waals surface area (Å²) >= 11 is 0. The number of para-hydroxylation sites is 1. The number of nitrogens with zero attached hydrogens (tertiary/aromatic N) is 2. The number of anilines is 1. The Morgan fingerprint density at radius 2 is 1.90 bits per heavy atom. The van der Waals surface area contributed by atoms with Gasteiger partial charge in [-0.15, -0.1) is 0 Å². The Morgan fingerprint density at radius 3 is 2.57 bits per heavy atom. The van der Waals surface area contributed by atoms with Crippen LogP contribution in [0.2, 0.25) is 0 Å². The van der Waals surface area contributed by atoms with Gasteiger partial charge < -0.3 is 10.0 Å². The molecule has 0 radical (unpaired) electrons. The third-order valence-corrected chi connectivity index (χ3v) is 5.17. The van der Waals surface area contributed by atoms with Gasteiger partial charge >= 0.3 is 0 Å². The van der Waals surface area contributed by atoms with Gasteiger partial charge in [0.15, 0.2) is 9.84 Å². The molecule has 0 amide bonds. The lowest BCUT2D eigenvalue weighted by atomic mass is 10.2. The molecule has 1 N–H and O–H groups in total. The summed E-state index contributed by atoms with van der Waals surface area (Å²) in [6, 6.07) is 7.33. The topological polar surface area (TPSA) is 60.9 Å². The SMILES string of the molecule is C[C@@H](CO)N1CCCN(c2ccccc2S(C)(=O)=O)CC1. The zero-order chi connectivity index (χ0) is 15.5. The van der Waals surface area contributed by atoms with Crippen LogP contribution in [0.5, 0.6) is 0 Å². The fourth-order valence-corrected chi connectivity index (χ4v) is 3.67. The van der Waals surface area contributed by atoms with Crippen molar-refractivity contribution in [2.45, 2.75) is 24.3 Å². The molecule has 1 aliphatic rings. The van der Waals surface area contributed by atoms with Crippen molar-refractivity contribution in [2.24, 2.45) is 0 Å². The van der Waals surface area contributed by atoms with E-state index in [4.69, 9.17) is 0 Å². The smallest absolute Gasteiger partial charge is 0.177 e. The lowest BCUT2D eigenvalue weighted by Crippen LogP contribution is -2.38. The van der Waals surface area contributed by atoms with Crippen LogP contribution in [0.4, 0.5) is 5.69 Å². The molecule has 6 heteroatoms. The molecule has 0 spiro atoms. The van der Waals surface area contributed by atoms with Crippen molar-refractivity contribution in [3.05, 3.63) is 24.3 Å². The molecule has 21 heavy (non-hydrogen) atoms. The predicted octanol–water partition coefficient (Wildman–Crippen LogP) is 0.983. The van der Waals surface area contributed by atoms with Gasteiger partial charge in [-0.05, 0) is 25.5 Å². The molecule has 0 unspecified atom stereocenters. The molecular formula is C15H24N2O3S. The van der Waals surface area contributed by atoms with Gasteiger partial charge in [-0.25, -0.2) is 8.42 Å². The van der Waals surface area contributed by atoms with Crippen molar-refractivity contribution in [2.75, 3.05) is 43.9 Å². The maximum atomic E-state index is 11.9. The summed E-state index contributed by atoms with van der Waals surface area (Å²) in [6.07, 6.45) is 2.21. The lowest BCUT2D eigenvalue weighted by molar-refractivity contribution is 0.141. The zero-order valence-electron chi connectivity index (χ0n) is 12.7. The molecule has 0 bridgehead atoms. The summed E-state index contributed by atoms with van der Waals surface area (Å²) < 4.78 is 23.9. The number of hydrogen-bond acceptors (Lipinski definition) is 5. The predicted molar refractivity (Wildman–Crippen MR) is 84.5 cm³/mol. The summed E-state index contributed by atoms with van der Waals surface area (Å²) in [4.78, 5) is 4.79. The Hall–Kier alpha value is -1.11. The first-order valence-corrected chi connectivity index (χ1v) is 9.21. The van der Waals surface area contributed by atoms with Gasteiger partial charge in [0.05, 0.1) is 17.2 Å². The van der Waals surface area contributed by atoms with E-state index in [-0.39, 0.29) is 12.6 Å². The first kappa shape index (κ1) is 16.3. The molecule has 1 fully saturated rings. The number of benzene rings is 1. The molecular weight excluding hydrogens is 288 g/mol. The van der Waals surface area contributed by atoms with Crippen molar-refractivity contribution in [3.63, 3.8) is 0 Å². The van der Waals surface area contributed by atoms with Crippen LogP contribution in [0.15, 0.2) is 29.2 Å². The van der Waals surface area contributed by atoms with E-state index in [9.17, 15) is 13.5 Å². The van der Waals surface area contributed by atoms with Crippen LogP contribution in [-0.4, -0.2) is 63.5 Å². The van der Waals surface area contributed by atoms with E-state index in [1.54, 1.807) is 12.1 Å². The third-order valence-electron chi connectivity index (χ3n) is 4.02. The highest BCUT2D eigenvalue weighted by molar-refractivity contribution is 7.90. The van der Waals surface area contributed by atoms with Crippen molar-refractivity contribution in [1.29, 1.82) is 0 Å². The molecule has 0 aliphatic carbocycles. The van der Waals surface area contributed by atoms with Crippen molar-refractivity contribution < 1.29 is 13.5 Å². The number of rotatable bonds is 4. The zero-order valence-corrected chi connectivity index (χ0v) is 13.5. The molecule has 1 aromatic rings. The Balaban J connectivity index is 2.20. The van der Waals surface area contributed by atoms with Gasteiger partial charge in [-0.1, -0.05) is 12.1 Å². The van der Waals surface area contributed by atoms with Gasteiger partial charge in [0.2, 0.25) is 0 Å². The van der Waals surface area contributed by atoms with Gasteiger partial charge in [0, 0.05) is 38.5 Å². The Labute approximate surface area is 127 Å². The molecule has 118 valence electrons. The number of sulfone groups is 1. The van der Waals surface area contributed by atoms with Crippen molar-refractivity contribution >= 4 is 15.5 Å². The second kappa shape index (κ2) is 6.77. The van der Waals surface area contributed by atoms with E-state index in [0.717, 1.165) is 38.3 Å². The molecule has 1 heterocycles. The minimum atomic E-state index is -3.22. The molecule has 0 saturated carbocycles. The highest BCUT2D eigenvalue weighted by Crippen LogP contribution is 2.26. The average Bonchev–Trinajstić information content (AvgIpc) is 2.71. The van der Waals surface area contributed by atoms with Crippen LogP contribution >= 0.6 is 0 Å². The molecule has 2 rings (SSSR count). The molecule has 0 aromatic heterocycles. The largest absolute Gasteiger partial charge is 0.395 e. The summed E-state index contributed by atoms with van der Waals surface area (Å²) in [6.45, 7) is 5.54. The monoisotopic (exact) mass is 312 g/mol. The minimum Gasteiger partial charge on any atom is -0.395 e. The van der Waals surface area contributed by atoms with Crippen LogP contribution in [0, 0.1) is 0 Å². The minimum absolute atomic E-state index is 0.148. The van der Waals surface area contributed by atoms with Crippen molar-refractivity contribution in [3.8, 4) is 0 Å². The van der Waals surface area contributed by atoms with Crippen LogP contribution in [0.1, 0.15) is 13.3 Å². The maximum Gasteiger partial charge on any atom is 0.177 e. The standard InChI is InChI=1S/C15H24N2O3S/c1-13(12-18)16-8-5-9-17(11-10-16)14-6-3-4-7-15(14)21(2,19)20/h3-4,6-7,13,18H,5,8-12H2,1-2H3/t13-/m0/s1. The van der Waals surface area contributed by atoms with Gasteiger partial charge in [-0.3, -0.25) is 4.90 Å². The second-order valence-electron chi connectivity index (χ2n) is 5.65. The van der Waals surface area contributed by atoms with E-state index in [0.29, 0.717) is 4.90 Å². The summed E-state index contributed by atoms with van der Waals surface area (Å²) in [7, 11) is -3.22. The van der Waals surface area contributed by atoms with Crippen LogP contribution in [-0.2, 0) is 9.84 Å². The summed E-state index contributed by atoms with van der Waals surface area (Å²) in [5, 5.41) is 9.28. The fourth-order valence-electron chi connectivity index (χ4n) is 2.77. The Morgan fingerprint density at radius 1 is 1.19 bits per heavy atom. The Kier molecular flexibility index (Phi) is 5.24. The highest BCUT2D eigenvalue weighted by Gasteiger charge is 2.22. The normalized spacial score (nSPS) is 19.3. The highest BCUT2D eigenvalue weighted by atomic mass is 32.2. The first-order chi connectivity index (χ1) is 9.93. The van der Waals surface area contributed by atoms with Gasteiger partial charge in [0.25, 0.3) is 0 Å². The molecule has 1 atom stereocenters. The third kappa shape index (κ3) is 3.96. The van der Waals surface area contributed by atoms with Crippen molar-refractivity contribution in [1.82, 2.24) is 4.90 Å². The van der Waals surface area contributed by atoms with E-state index in [1.165, 1.54) is 6.26 Å². The lowest BCUT2D eigenvalue weighted by Gasteiger charge is -2.27. The Bertz CT molecular complexity index is 574. The number of aliphatic hydroxyl groups is 1. The fraction of sp³-hybridized carbons (Fsp3) is 0.600. The van der Waals surface area contributed by atoms with Crippen LogP contribution < -0.4 is 4.90 Å². The molecule has 1 saturated heterocycles. The quantitative estimate of drug-likeness (QED) is 0.898. The van der Waals surface area contributed by atoms with Gasteiger partial charge in [-0.2, -0.15) is 0 Å². The average molecular weight is 312 g/mol. The summed E-state index contributed by atoms with van der Waals surface area (Å²) in [5.41, 5.74) is 0.790. The first-order valence-electron chi connectivity index (χ1n) is 7.32. The van der Waals surface area contributed by atoms with Crippen LogP contribution in [0.25, 0.3) is 0 Å². The second-order valence-corrected chi connectivity index (χ2v) is 7.63. The number of aliphatic hydroxyl groups excluding tert-OH is 1. The van der Waals surface area contributed by atoms with E-state index < -0.39 is 9.84 Å².